The molecule has 1 aliphatic rings. The first-order valence-electron chi connectivity index (χ1n) is 6.30. The number of hydrogen-bond donors (Lipinski definition) is 1. The standard InChI is InChI=1S/C13H16ClN3S.2ClH/c14-12-2-1-11(18-12)13-16-7-8-17(13)9-10-3-5-15-6-4-10;;/h1-2,7-8,10,15H,3-6,9H2;2*1H. The van der Waals surface area contributed by atoms with E-state index in [0.29, 0.717) is 0 Å². The third-order valence-corrected chi connectivity index (χ3v) is 4.65. The summed E-state index contributed by atoms with van der Waals surface area (Å²) in [4.78, 5) is 5.62. The highest BCUT2D eigenvalue weighted by Crippen LogP contribution is 2.30. The summed E-state index contributed by atoms with van der Waals surface area (Å²) in [6.07, 6.45) is 6.46. The summed E-state index contributed by atoms with van der Waals surface area (Å²) >= 11 is 7.59. The van der Waals surface area contributed by atoms with E-state index in [-0.39, 0.29) is 24.8 Å². The predicted octanol–water partition coefficient (Wildman–Crippen LogP) is 4.11. The van der Waals surface area contributed by atoms with E-state index in [1.165, 1.54) is 12.8 Å². The van der Waals surface area contributed by atoms with Crippen LogP contribution in [0.15, 0.2) is 24.5 Å². The number of halogens is 3. The first-order chi connectivity index (χ1) is 8.83. The molecule has 3 nitrogen and oxygen atoms in total. The van der Waals surface area contributed by atoms with Crippen molar-refractivity contribution >= 4 is 47.8 Å². The van der Waals surface area contributed by atoms with E-state index < -0.39 is 0 Å². The number of aromatic nitrogens is 2. The maximum Gasteiger partial charge on any atom is 0.150 e. The molecule has 0 aliphatic carbocycles. The van der Waals surface area contributed by atoms with E-state index in [9.17, 15) is 0 Å². The Morgan fingerprint density at radius 2 is 2.05 bits per heavy atom. The molecule has 0 unspecified atom stereocenters. The molecule has 0 atom stereocenters. The average molecular weight is 355 g/mol. The largest absolute Gasteiger partial charge is 0.330 e. The molecule has 1 saturated heterocycles. The van der Waals surface area contributed by atoms with E-state index >= 15 is 0 Å². The van der Waals surface area contributed by atoms with Crippen molar-refractivity contribution in [2.75, 3.05) is 13.1 Å². The van der Waals surface area contributed by atoms with Crippen molar-refractivity contribution in [2.45, 2.75) is 19.4 Å². The normalized spacial score (nSPS) is 15.4. The third kappa shape index (κ3) is 4.12. The number of nitrogens with one attached hydrogen (secondary N) is 1. The van der Waals surface area contributed by atoms with Gasteiger partial charge in [-0.1, -0.05) is 11.6 Å². The lowest BCUT2D eigenvalue weighted by molar-refractivity contribution is 0.334. The van der Waals surface area contributed by atoms with Crippen LogP contribution in [0.3, 0.4) is 0 Å². The van der Waals surface area contributed by atoms with E-state index in [2.05, 4.69) is 21.1 Å². The molecule has 112 valence electrons. The Morgan fingerprint density at radius 1 is 1.30 bits per heavy atom. The summed E-state index contributed by atoms with van der Waals surface area (Å²) in [5.74, 6) is 1.81. The van der Waals surface area contributed by atoms with E-state index in [1.54, 1.807) is 11.3 Å². The average Bonchev–Trinajstić information content (AvgIpc) is 2.99. The second-order valence-electron chi connectivity index (χ2n) is 4.70. The van der Waals surface area contributed by atoms with Crippen molar-refractivity contribution in [1.29, 1.82) is 0 Å². The van der Waals surface area contributed by atoms with Crippen molar-refractivity contribution in [3.8, 4) is 10.7 Å². The van der Waals surface area contributed by atoms with E-state index in [1.807, 2.05) is 18.3 Å². The van der Waals surface area contributed by atoms with Gasteiger partial charge in [0.2, 0.25) is 0 Å². The Hall–Kier alpha value is -0.260. The van der Waals surface area contributed by atoms with Gasteiger partial charge in [0.15, 0.2) is 0 Å². The van der Waals surface area contributed by atoms with Crippen LogP contribution < -0.4 is 5.32 Å². The van der Waals surface area contributed by atoms with Gasteiger partial charge in [0.05, 0.1) is 9.21 Å². The van der Waals surface area contributed by atoms with Crippen LogP contribution in [-0.2, 0) is 6.54 Å². The number of nitrogens with zero attached hydrogens (tertiary/aromatic N) is 2. The van der Waals surface area contributed by atoms with Crippen molar-refractivity contribution < 1.29 is 0 Å². The fourth-order valence-corrected chi connectivity index (χ4v) is 3.51. The van der Waals surface area contributed by atoms with Gasteiger partial charge in [-0.3, -0.25) is 0 Å². The molecule has 0 saturated carbocycles. The van der Waals surface area contributed by atoms with Gasteiger partial charge in [-0.2, -0.15) is 0 Å². The van der Waals surface area contributed by atoms with E-state index in [0.717, 1.165) is 40.6 Å². The zero-order valence-corrected chi connectivity index (χ0v) is 14.1. The molecule has 0 aromatic carbocycles. The van der Waals surface area contributed by atoms with Crippen LogP contribution >= 0.6 is 47.8 Å². The lowest BCUT2D eigenvalue weighted by Gasteiger charge is -2.23. The minimum absolute atomic E-state index is 0. The van der Waals surface area contributed by atoms with Crippen LogP contribution in [0.4, 0.5) is 0 Å². The molecule has 20 heavy (non-hydrogen) atoms. The van der Waals surface area contributed by atoms with Gasteiger partial charge in [-0.15, -0.1) is 36.2 Å². The second kappa shape index (κ2) is 8.25. The van der Waals surface area contributed by atoms with Crippen LogP contribution in [0.5, 0.6) is 0 Å². The molecule has 1 fully saturated rings. The number of thiophene rings is 1. The zero-order valence-electron chi connectivity index (χ0n) is 10.9. The predicted molar refractivity (Wildman–Crippen MR) is 90.6 cm³/mol. The summed E-state index contributed by atoms with van der Waals surface area (Å²) in [5.41, 5.74) is 0. The molecule has 0 amide bonds. The third-order valence-electron chi connectivity index (χ3n) is 3.42. The van der Waals surface area contributed by atoms with Crippen LogP contribution in [0.25, 0.3) is 10.7 Å². The molecule has 0 bridgehead atoms. The lowest BCUT2D eigenvalue weighted by Crippen LogP contribution is -2.29. The van der Waals surface area contributed by atoms with Crippen molar-refractivity contribution in [2.24, 2.45) is 5.92 Å². The Kier molecular flexibility index (Phi) is 7.34. The Morgan fingerprint density at radius 3 is 2.70 bits per heavy atom. The Bertz CT molecular complexity index is 520. The number of rotatable bonds is 3. The fraction of sp³-hybridized carbons (Fsp3) is 0.462. The van der Waals surface area contributed by atoms with Crippen molar-refractivity contribution in [3.63, 3.8) is 0 Å². The summed E-state index contributed by atoms with van der Waals surface area (Å²) in [6, 6.07) is 3.99. The van der Waals surface area contributed by atoms with E-state index in [4.69, 9.17) is 11.6 Å². The zero-order chi connectivity index (χ0) is 12.4. The molecule has 1 aliphatic heterocycles. The van der Waals surface area contributed by atoms with Gasteiger partial charge in [0, 0.05) is 18.9 Å². The minimum Gasteiger partial charge on any atom is -0.330 e. The summed E-state index contributed by atoms with van der Waals surface area (Å²) in [6.45, 7) is 3.34. The second-order valence-corrected chi connectivity index (χ2v) is 6.42. The SMILES string of the molecule is Cl.Cl.Clc1ccc(-c2nccn2CC2CCNCC2)s1. The van der Waals surface area contributed by atoms with Gasteiger partial charge in [0.25, 0.3) is 0 Å². The fourth-order valence-electron chi connectivity index (χ4n) is 2.46. The smallest absolute Gasteiger partial charge is 0.150 e. The first kappa shape index (κ1) is 17.8. The molecule has 0 radical (unpaired) electrons. The molecule has 7 heteroatoms. The maximum absolute atomic E-state index is 5.99. The first-order valence-corrected chi connectivity index (χ1v) is 7.50. The molecular formula is C13H18Cl3N3S. The highest BCUT2D eigenvalue weighted by atomic mass is 35.5. The Balaban J connectivity index is 0.000001000. The quantitative estimate of drug-likeness (QED) is 0.899. The monoisotopic (exact) mass is 353 g/mol. The number of hydrogen-bond acceptors (Lipinski definition) is 3. The summed E-state index contributed by atoms with van der Waals surface area (Å²) < 4.78 is 3.08. The molecule has 2 aromatic heterocycles. The van der Waals surface area contributed by atoms with Crippen LogP contribution in [0.2, 0.25) is 4.34 Å². The highest BCUT2D eigenvalue weighted by molar-refractivity contribution is 7.19. The van der Waals surface area contributed by atoms with Gasteiger partial charge >= 0.3 is 0 Å². The summed E-state index contributed by atoms with van der Waals surface area (Å²) in [5, 5.41) is 3.40. The van der Waals surface area contributed by atoms with Crippen LogP contribution in [0, 0.1) is 5.92 Å². The van der Waals surface area contributed by atoms with Gasteiger partial charge in [-0.05, 0) is 44.0 Å². The number of piperidine rings is 1. The van der Waals surface area contributed by atoms with Gasteiger partial charge < -0.3 is 9.88 Å². The van der Waals surface area contributed by atoms with Gasteiger partial charge in [-0.25, -0.2) is 4.98 Å². The van der Waals surface area contributed by atoms with Crippen LogP contribution in [0.1, 0.15) is 12.8 Å². The molecule has 2 aromatic rings. The highest BCUT2D eigenvalue weighted by Gasteiger charge is 2.16. The van der Waals surface area contributed by atoms with Crippen molar-refractivity contribution in [3.05, 3.63) is 28.9 Å². The molecule has 3 heterocycles. The minimum atomic E-state index is 0. The van der Waals surface area contributed by atoms with Crippen LogP contribution in [-0.4, -0.2) is 22.6 Å². The van der Waals surface area contributed by atoms with Crippen molar-refractivity contribution in [1.82, 2.24) is 14.9 Å². The lowest BCUT2D eigenvalue weighted by atomic mass is 9.98. The molecular weight excluding hydrogens is 337 g/mol. The molecule has 0 spiro atoms. The topological polar surface area (TPSA) is 29.9 Å². The summed E-state index contributed by atoms with van der Waals surface area (Å²) in [7, 11) is 0. The van der Waals surface area contributed by atoms with Gasteiger partial charge in [0.1, 0.15) is 5.82 Å². The molecule has 1 N–H and O–H groups in total. The maximum atomic E-state index is 5.99. The number of imidazole rings is 1. The Labute approximate surface area is 140 Å². The molecule has 3 rings (SSSR count).